The molecule has 1 aromatic heterocycles. The SMILES string of the molecule is O=C(Nc1cc2oc(=O)[nH]c2c2c1C(c1cc(F)ccc1Cl)NC2=O)c1cc(F)cc(C(F)(F)F)c1. The summed E-state index contributed by atoms with van der Waals surface area (Å²) in [7, 11) is 0. The summed E-state index contributed by atoms with van der Waals surface area (Å²) >= 11 is 6.21. The van der Waals surface area contributed by atoms with Crippen LogP contribution < -0.4 is 16.4 Å². The number of carbonyl (C=O) groups excluding carboxylic acids is 2. The molecular weight excluding hydrogens is 513 g/mol. The van der Waals surface area contributed by atoms with E-state index in [1.807, 2.05) is 0 Å². The maximum absolute atomic E-state index is 14.0. The Morgan fingerprint density at radius 3 is 2.50 bits per heavy atom. The summed E-state index contributed by atoms with van der Waals surface area (Å²) in [4.78, 5) is 39.9. The Bertz CT molecular complexity index is 1640. The zero-order valence-electron chi connectivity index (χ0n) is 17.5. The molecule has 36 heavy (non-hydrogen) atoms. The van der Waals surface area contributed by atoms with Crippen molar-refractivity contribution in [3.05, 3.63) is 97.5 Å². The monoisotopic (exact) mass is 523 g/mol. The molecule has 0 saturated heterocycles. The van der Waals surface area contributed by atoms with E-state index >= 15 is 0 Å². The fourth-order valence-corrected chi connectivity index (χ4v) is 4.29. The first-order valence-electron chi connectivity index (χ1n) is 10.1. The zero-order chi connectivity index (χ0) is 25.9. The number of fused-ring (bicyclic) bond motifs is 3. The molecule has 7 nitrogen and oxygen atoms in total. The number of hydrogen-bond donors (Lipinski definition) is 3. The van der Waals surface area contributed by atoms with Gasteiger partial charge in [-0.25, -0.2) is 13.6 Å². The van der Waals surface area contributed by atoms with Crippen molar-refractivity contribution in [2.75, 3.05) is 5.32 Å². The van der Waals surface area contributed by atoms with Gasteiger partial charge < -0.3 is 15.1 Å². The number of amides is 2. The number of benzene rings is 3. The molecule has 13 heteroatoms. The third kappa shape index (κ3) is 3.98. The number of nitrogens with one attached hydrogen (secondary N) is 3. The molecule has 2 heterocycles. The Hall–Kier alpha value is -4.19. The van der Waals surface area contributed by atoms with E-state index in [2.05, 4.69) is 15.6 Å². The highest BCUT2D eigenvalue weighted by Crippen LogP contribution is 2.42. The molecule has 0 saturated carbocycles. The number of oxazole rings is 1. The molecule has 2 amide bonds. The van der Waals surface area contributed by atoms with Gasteiger partial charge in [-0.1, -0.05) is 11.6 Å². The second-order valence-corrected chi connectivity index (χ2v) is 8.26. The Morgan fingerprint density at radius 1 is 1.03 bits per heavy atom. The Morgan fingerprint density at radius 2 is 1.78 bits per heavy atom. The number of H-pyrrole nitrogens is 1. The zero-order valence-corrected chi connectivity index (χ0v) is 18.3. The van der Waals surface area contributed by atoms with Crippen LogP contribution in [0, 0.1) is 11.6 Å². The fourth-order valence-electron chi connectivity index (χ4n) is 4.07. The average Bonchev–Trinajstić information content (AvgIpc) is 3.33. The number of anilines is 1. The lowest BCUT2D eigenvalue weighted by Crippen LogP contribution is -2.21. The van der Waals surface area contributed by atoms with E-state index < -0.39 is 52.5 Å². The summed E-state index contributed by atoms with van der Waals surface area (Å²) in [6.45, 7) is 0. The van der Waals surface area contributed by atoms with Gasteiger partial charge >= 0.3 is 11.9 Å². The van der Waals surface area contributed by atoms with Crippen molar-refractivity contribution in [3.63, 3.8) is 0 Å². The quantitative estimate of drug-likeness (QED) is 0.323. The lowest BCUT2D eigenvalue weighted by atomic mass is 9.95. The number of aromatic amines is 1. The summed E-state index contributed by atoms with van der Waals surface area (Å²) in [6, 6.07) is 4.73. The van der Waals surface area contributed by atoms with Gasteiger partial charge in [0.15, 0.2) is 5.58 Å². The highest BCUT2D eigenvalue weighted by atomic mass is 35.5. The summed E-state index contributed by atoms with van der Waals surface area (Å²) in [5.74, 6) is -4.77. The molecule has 0 aliphatic carbocycles. The van der Waals surface area contributed by atoms with Crippen molar-refractivity contribution in [2.24, 2.45) is 0 Å². The van der Waals surface area contributed by atoms with E-state index in [1.165, 1.54) is 6.07 Å². The molecule has 1 atom stereocenters. The lowest BCUT2D eigenvalue weighted by Gasteiger charge is -2.18. The van der Waals surface area contributed by atoms with E-state index in [0.29, 0.717) is 12.1 Å². The van der Waals surface area contributed by atoms with Crippen molar-refractivity contribution in [1.82, 2.24) is 10.3 Å². The topological polar surface area (TPSA) is 104 Å². The van der Waals surface area contributed by atoms with Gasteiger partial charge in [0, 0.05) is 27.8 Å². The second kappa shape index (κ2) is 8.19. The first-order chi connectivity index (χ1) is 16.9. The fraction of sp³-hybridized carbons (Fsp3) is 0.0870. The van der Waals surface area contributed by atoms with Crippen LogP contribution in [0.5, 0.6) is 0 Å². The maximum Gasteiger partial charge on any atom is 0.417 e. The summed E-state index contributed by atoms with van der Waals surface area (Å²) < 4.78 is 72.2. The Kier molecular flexibility index (Phi) is 5.36. The average molecular weight is 524 g/mol. The molecule has 5 rings (SSSR count). The molecule has 3 N–H and O–H groups in total. The molecule has 1 unspecified atom stereocenters. The minimum absolute atomic E-state index is 0.0226. The molecule has 1 aliphatic rings. The third-order valence-electron chi connectivity index (χ3n) is 5.56. The van der Waals surface area contributed by atoms with E-state index in [4.69, 9.17) is 16.0 Å². The molecule has 184 valence electrons. The van der Waals surface area contributed by atoms with Gasteiger partial charge in [-0.05, 0) is 36.4 Å². The van der Waals surface area contributed by atoms with Crippen LogP contribution in [-0.4, -0.2) is 16.8 Å². The largest absolute Gasteiger partial charge is 0.417 e. The Labute approximate surface area is 201 Å². The van der Waals surface area contributed by atoms with Crippen molar-refractivity contribution in [1.29, 1.82) is 0 Å². The summed E-state index contributed by atoms with van der Waals surface area (Å²) in [5, 5.41) is 4.99. The first kappa shape index (κ1) is 23.5. The minimum Gasteiger partial charge on any atom is -0.408 e. The van der Waals surface area contributed by atoms with E-state index in [0.717, 1.165) is 18.2 Å². The molecule has 0 radical (unpaired) electrons. The number of rotatable bonds is 3. The van der Waals surface area contributed by atoms with Gasteiger partial charge in [0.2, 0.25) is 0 Å². The second-order valence-electron chi connectivity index (χ2n) is 7.85. The molecule has 3 aromatic carbocycles. The number of aromatic nitrogens is 1. The standard InChI is InChI=1S/C23H11ClF5N3O4/c24-13-2-1-10(25)6-12(13)18-16-14(7-15-19(32-22(35)36-15)17(16)21(34)31-18)30-20(33)8-3-9(23(27,28)29)5-11(26)4-8/h1-7,18H,(H,30,33)(H,31,34)(H,32,35). The Balaban J connectivity index is 1.68. The van der Waals surface area contributed by atoms with Crippen LogP contribution in [0.2, 0.25) is 5.02 Å². The van der Waals surface area contributed by atoms with E-state index in [9.17, 15) is 36.3 Å². The normalized spacial score (nSPS) is 15.2. The number of carbonyl (C=O) groups is 2. The van der Waals surface area contributed by atoms with Crippen molar-refractivity contribution in [2.45, 2.75) is 12.2 Å². The van der Waals surface area contributed by atoms with Gasteiger partial charge in [-0.3, -0.25) is 14.6 Å². The van der Waals surface area contributed by atoms with Gasteiger partial charge in [0.1, 0.15) is 17.2 Å². The molecular formula is C23H11ClF5N3O4. The number of halogens is 6. The van der Waals surface area contributed by atoms with Crippen molar-refractivity contribution in [3.8, 4) is 0 Å². The van der Waals surface area contributed by atoms with Gasteiger partial charge in [0.25, 0.3) is 11.8 Å². The van der Waals surface area contributed by atoms with Crippen LogP contribution in [0.1, 0.15) is 43.4 Å². The van der Waals surface area contributed by atoms with Crippen LogP contribution in [0.3, 0.4) is 0 Å². The van der Waals surface area contributed by atoms with Crippen LogP contribution >= 0.6 is 11.6 Å². The predicted molar refractivity (Wildman–Crippen MR) is 117 cm³/mol. The van der Waals surface area contributed by atoms with Gasteiger partial charge in [-0.2, -0.15) is 13.2 Å². The lowest BCUT2D eigenvalue weighted by molar-refractivity contribution is -0.137. The summed E-state index contributed by atoms with van der Waals surface area (Å²) in [5.41, 5.74) is -2.36. The van der Waals surface area contributed by atoms with Crippen molar-refractivity contribution < 1.29 is 36.0 Å². The van der Waals surface area contributed by atoms with Crippen LogP contribution in [0.15, 0.2) is 51.7 Å². The van der Waals surface area contributed by atoms with Crippen LogP contribution in [-0.2, 0) is 6.18 Å². The maximum atomic E-state index is 14.0. The van der Waals surface area contributed by atoms with Crippen LogP contribution in [0.4, 0.5) is 27.6 Å². The first-order valence-corrected chi connectivity index (χ1v) is 10.4. The smallest absolute Gasteiger partial charge is 0.408 e. The highest BCUT2D eigenvalue weighted by molar-refractivity contribution is 6.31. The van der Waals surface area contributed by atoms with Gasteiger partial charge in [-0.15, -0.1) is 0 Å². The molecule has 4 aromatic rings. The van der Waals surface area contributed by atoms with E-state index in [-0.39, 0.29) is 44.6 Å². The predicted octanol–water partition coefficient (Wildman–Crippen LogP) is 5.16. The minimum atomic E-state index is -4.92. The van der Waals surface area contributed by atoms with E-state index in [1.54, 1.807) is 0 Å². The molecule has 1 aliphatic heterocycles. The summed E-state index contributed by atoms with van der Waals surface area (Å²) in [6.07, 6.45) is -4.92. The van der Waals surface area contributed by atoms with Crippen molar-refractivity contribution >= 4 is 40.2 Å². The van der Waals surface area contributed by atoms with Gasteiger partial charge in [0.05, 0.1) is 22.9 Å². The third-order valence-corrected chi connectivity index (χ3v) is 5.90. The van der Waals surface area contributed by atoms with Crippen LogP contribution in [0.25, 0.3) is 11.1 Å². The number of hydrogen-bond acceptors (Lipinski definition) is 4. The molecule has 0 fully saturated rings. The number of alkyl halides is 3. The molecule has 0 bridgehead atoms. The highest BCUT2D eigenvalue weighted by Gasteiger charge is 2.37. The molecule has 0 spiro atoms.